The van der Waals surface area contributed by atoms with Gasteiger partial charge in [0.2, 0.25) is 0 Å². The molecule has 104 valence electrons. The number of aryl methyl sites for hydroxylation is 1. The molecule has 5 heteroatoms. The van der Waals surface area contributed by atoms with Crippen molar-refractivity contribution in [3.63, 3.8) is 0 Å². The van der Waals surface area contributed by atoms with Crippen LogP contribution in [0.3, 0.4) is 0 Å². The molecule has 1 fully saturated rings. The van der Waals surface area contributed by atoms with Crippen molar-refractivity contribution in [1.29, 1.82) is 0 Å². The Hall–Kier alpha value is -1.62. The number of nitrogens with zero attached hydrogens (tertiary/aromatic N) is 1. The Morgan fingerprint density at radius 3 is 2.90 bits per heavy atom. The van der Waals surface area contributed by atoms with E-state index in [1.165, 1.54) is 6.26 Å². The van der Waals surface area contributed by atoms with Crippen molar-refractivity contribution in [3.05, 3.63) is 52.1 Å². The van der Waals surface area contributed by atoms with Crippen molar-refractivity contribution >= 4 is 21.8 Å². The fourth-order valence-corrected chi connectivity index (χ4v) is 2.70. The van der Waals surface area contributed by atoms with Gasteiger partial charge in [-0.25, -0.2) is 0 Å². The van der Waals surface area contributed by atoms with Crippen molar-refractivity contribution in [2.24, 2.45) is 5.92 Å². The van der Waals surface area contributed by atoms with E-state index in [0.29, 0.717) is 11.7 Å². The van der Waals surface area contributed by atoms with E-state index < -0.39 is 0 Å². The number of amides is 1. The van der Waals surface area contributed by atoms with Crippen LogP contribution in [0.2, 0.25) is 0 Å². The first kappa shape index (κ1) is 13.4. The monoisotopic (exact) mass is 334 g/mol. The number of pyridine rings is 1. The van der Waals surface area contributed by atoms with Gasteiger partial charge in [0.15, 0.2) is 5.76 Å². The zero-order valence-electron chi connectivity index (χ0n) is 11.1. The third kappa shape index (κ3) is 2.77. The lowest BCUT2D eigenvalue weighted by Crippen LogP contribution is -2.30. The summed E-state index contributed by atoms with van der Waals surface area (Å²) in [6.07, 6.45) is 7.36. The van der Waals surface area contributed by atoms with Gasteiger partial charge in [-0.3, -0.25) is 9.78 Å². The molecule has 2 aromatic heterocycles. The van der Waals surface area contributed by atoms with Crippen molar-refractivity contribution in [3.8, 4) is 0 Å². The molecule has 1 amide bonds. The molecule has 0 aromatic carbocycles. The Kier molecular flexibility index (Phi) is 3.61. The Balaban J connectivity index is 1.82. The average Bonchev–Trinajstić information content (AvgIpc) is 3.17. The summed E-state index contributed by atoms with van der Waals surface area (Å²) < 4.78 is 6.17. The lowest BCUT2D eigenvalue weighted by molar-refractivity contribution is 0.0902. The predicted molar refractivity (Wildman–Crippen MR) is 78.3 cm³/mol. The molecule has 2 heterocycles. The highest BCUT2D eigenvalue weighted by molar-refractivity contribution is 9.10. The van der Waals surface area contributed by atoms with Crippen molar-refractivity contribution in [1.82, 2.24) is 10.3 Å². The van der Waals surface area contributed by atoms with Gasteiger partial charge in [0, 0.05) is 22.4 Å². The smallest absolute Gasteiger partial charge is 0.287 e. The van der Waals surface area contributed by atoms with Crippen molar-refractivity contribution in [2.75, 3.05) is 0 Å². The topological polar surface area (TPSA) is 55.1 Å². The summed E-state index contributed by atoms with van der Waals surface area (Å²) in [5.74, 6) is 0.716. The number of aromatic nitrogens is 1. The zero-order valence-corrected chi connectivity index (χ0v) is 12.7. The molecule has 0 spiro atoms. The van der Waals surface area contributed by atoms with E-state index in [4.69, 9.17) is 4.42 Å². The molecule has 20 heavy (non-hydrogen) atoms. The molecule has 1 N–H and O–H groups in total. The first-order chi connectivity index (χ1) is 9.65. The number of hydrogen-bond donors (Lipinski definition) is 1. The van der Waals surface area contributed by atoms with E-state index in [2.05, 4.69) is 26.2 Å². The second-order valence-corrected chi connectivity index (χ2v) is 6.07. The number of carbonyl (C=O) groups excluding carboxylic acids is 1. The summed E-state index contributed by atoms with van der Waals surface area (Å²) in [4.78, 5) is 16.5. The Labute approximate surface area is 125 Å². The normalized spacial score (nSPS) is 15.9. The van der Waals surface area contributed by atoms with E-state index in [1.807, 2.05) is 19.2 Å². The highest BCUT2D eigenvalue weighted by Gasteiger charge is 2.34. The van der Waals surface area contributed by atoms with Crippen LogP contribution >= 0.6 is 15.9 Å². The van der Waals surface area contributed by atoms with Crippen molar-refractivity contribution < 1.29 is 9.21 Å². The summed E-state index contributed by atoms with van der Waals surface area (Å²) in [7, 11) is 0. The summed E-state index contributed by atoms with van der Waals surface area (Å²) in [6.45, 7) is 1.87. The van der Waals surface area contributed by atoms with E-state index in [-0.39, 0.29) is 11.9 Å². The highest BCUT2D eigenvalue weighted by Crippen LogP contribution is 2.41. The molecule has 2 aromatic rings. The molecule has 1 atom stereocenters. The van der Waals surface area contributed by atoms with Gasteiger partial charge in [0.05, 0.1) is 12.3 Å². The fraction of sp³-hybridized carbons (Fsp3) is 0.333. The SMILES string of the molecule is Cc1ccoc1C(=O)NC(c1cncc(Br)c1)C1CC1. The molecule has 1 aliphatic rings. The van der Waals surface area contributed by atoms with Gasteiger partial charge in [-0.15, -0.1) is 0 Å². The lowest BCUT2D eigenvalue weighted by atomic mass is 10.0. The minimum atomic E-state index is -0.163. The molecule has 3 rings (SSSR count). The fourth-order valence-electron chi connectivity index (χ4n) is 2.31. The molecule has 4 nitrogen and oxygen atoms in total. The molecular formula is C15H15BrN2O2. The first-order valence-electron chi connectivity index (χ1n) is 6.60. The van der Waals surface area contributed by atoms with Gasteiger partial charge >= 0.3 is 0 Å². The Morgan fingerprint density at radius 2 is 2.30 bits per heavy atom. The molecule has 0 saturated heterocycles. The quantitative estimate of drug-likeness (QED) is 0.928. The predicted octanol–water partition coefficient (Wildman–Crippen LogP) is 3.63. The van der Waals surface area contributed by atoms with Crippen molar-refractivity contribution in [2.45, 2.75) is 25.8 Å². The van der Waals surface area contributed by atoms with Gasteiger partial charge in [0.25, 0.3) is 5.91 Å². The van der Waals surface area contributed by atoms with E-state index >= 15 is 0 Å². The Morgan fingerprint density at radius 1 is 1.50 bits per heavy atom. The molecule has 1 unspecified atom stereocenters. The molecular weight excluding hydrogens is 320 g/mol. The van der Waals surface area contributed by atoms with Crippen LogP contribution < -0.4 is 5.32 Å². The third-order valence-corrected chi connectivity index (χ3v) is 3.97. The minimum absolute atomic E-state index is 0.00278. The zero-order chi connectivity index (χ0) is 14.1. The van der Waals surface area contributed by atoms with Crippen LogP contribution in [0, 0.1) is 12.8 Å². The van der Waals surface area contributed by atoms with Gasteiger partial charge in [-0.1, -0.05) is 0 Å². The maximum Gasteiger partial charge on any atom is 0.287 e. The second kappa shape index (κ2) is 5.40. The number of furan rings is 1. The summed E-state index contributed by atoms with van der Waals surface area (Å²) in [6, 6.07) is 3.80. The number of halogens is 1. The van der Waals surface area contributed by atoms with Gasteiger partial charge < -0.3 is 9.73 Å². The number of carbonyl (C=O) groups is 1. The minimum Gasteiger partial charge on any atom is -0.459 e. The number of nitrogens with one attached hydrogen (secondary N) is 1. The van der Waals surface area contributed by atoms with Gasteiger partial charge in [-0.05, 0) is 59.3 Å². The van der Waals surface area contributed by atoms with Crippen LogP contribution in [0.5, 0.6) is 0 Å². The molecule has 0 radical (unpaired) electrons. The first-order valence-corrected chi connectivity index (χ1v) is 7.40. The van der Waals surface area contributed by atoms with Gasteiger partial charge in [-0.2, -0.15) is 0 Å². The third-order valence-electron chi connectivity index (χ3n) is 3.53. The maximum atomic E-state index is 12.3. The number of rotatable bonds is 4. The van der Waals surface area contributed by atoms with Crippen LogP contribution in [-0.2, 0) is 0 Å². The van der Waals surface area contributed by atoms with Crippen LogP contribution in [0.1, 0.15) is 40.6 Å². The maximum absolute atomic E-state index is 12.3. The molecule has 0 bridgehead atoms. The average molecular weight is 335 g/mol. The second-order valence-electron chi connectivity index (χ2n) is 5.16. The Bertz CT molecular complexity index is 634. The highest BCUT2D eigenvalue weighted by atomic mass is 79.9. The van der Waals surface area contributed by atoms with Crippen LogP contribution in [0.15, 0.2) is 39.7 Å². The van der Waals surface area contributed by atoms with E-state index in [0.717, 1.165) is 28.4 Å². The summed E-state index contributed by atoms with van der Waals surface area (Å²) in [5.41, 5.74) is 1.88. The standard InChI is InChI=1S/C15H15BrN2O2/c1-9-4-5-20-14(9)15(19)18-13(10-2-3-10)11-6-12(16)8-17-7-11/h4-8,10,13H,2-3H2,1H3,(H,18,19). The number of hydrogen-bond acceptors (Lipinski definition) is 3. The van der Waals surface area contributed by atoms with Crippen LogP contribution in [0.25, 0.3) is 0 Å². The largest absolute Gasteiger partial charge is 0.459 e. The van der Waals surface area contributed by atoms with Crippen LogP contribution in [-0.4, -0.2) is 10.9 Å². The van der Waals surface area contributed by atoms with E-state index in [9.17, 15) is 4.79 Å². The van der Waals surface area contributed by atoms with E-state index in [1.54, 1.807) is 12.3 Å². The van der Waals surface area contributed by atoms with Crippen LogP contribution in [0.4, 0.5) is 0 Å². The molecule has 1 aliphatic carbocycles. The lowest BCUT2D eigenvalue weighted by Gasteiger charge is -2.18. The van der Waals surface area contributed by atoms with Gasteiger partial charge in [0.1, 0.15) is 0 Å². The molecule has 0 aliphatic heterocycles. The molecule has 1 saturated carbocycles. The summed E-state index contributed by atoms with van der Waals surface area (Å²) in [5, 5.41) is 3.07. The summed E-state index contributed by atoms with van der Waals surface area (Å²) >= 11 is 3.42.